The van der Waals surface area contributed by atoms with Crippen LogP contribution in [0.2, 0.25) is 0 Å². The van der Waals surface area contributed by atoms with E-state index in [-0.39, 0.29) is 24.5 Å². The first-order valence-corrected chi connectivity index (χ1v) is 9.26. The lowest BCUT2D eigenvalue weighted by molar-refractivity contribution is -0.123. The highest BCUT2D eigenvalue weighted by molar-refractivity contribution is 7.98. The lowest BCUT2D eigenvalue weighted by Gasteiger charge is -2.21. The third-order valence-electron chi connectivity index (χ3n) is 3.53. The molecule has 0 saturated carbocycles. The summed E-state index contributed by atoms with van der Waals surface area (Å²) in [5.41, 5.74) is 0.394. The zero-order valence-electron chi connectivity index (χ0n) is 14.4. The summed E-state index contributed by atoms with van der Waals surface area (Å²) in [7, 11) is 1.50. The van der Waals surface area contributed by atoms with Crippen LogP contribution in [0.5, 0.6) is 5.75 Å². The van der Waals surface area contributed by atoms with Gasteiger partial charge in [-0.25, -0.2) is 0 Å². The molecule has 3 N–H and O–H groups in total. The van der Waals surface area contributed by atoms with Gasteiger partial charge in [-0.05, 0) is 43.9 Å². The number of para-hydroxylation sites is 1. The monoisotopic (exact) mass is 354 g/mol. The van der Waals surface area contributed by atoms with E-state index in [2.05, 4.69) is 10.6 Å². The van der Waals surface area contributed by atoms with E-state index in [0.29, 0.717) is 24.2 Å². The number of aliphatic hydroxyl groups is 1. The number of amides is 2. The fraction of sp³-hybridized carbons (Fsp3) is 0.529. The van der Waals surface area contributed by atoms with Crippen molar-refractivity contribution in [1.29, 1.82) is 0 Å². The third kappa shape index (κ3) is 6.41. The predicted molar refractivity (Wildman–Crippen MR) is 96.6 cm³/mol. The van der Waals surface area contributed by atoms with Gasteiger partial charge in [-0.15, -0.1) is 0 Å². The van der Waals surface area contributed by atoms with Crippen molar-refractivity contribution in [1.82, 2.24) is 10.6 Å². The largest absolute Gasteiger partial charge is 0.496 e. The molecular weight excluding hydrogens is 328 g/mol. The summed E-state index contributed by atoms with van der Waals surface area (Å²) in [6, 6.07) is 6.11. The molecule has 0 bridgehead atoms. The van der Waals surface area contributed by atoms with Crippen LogP contribution in [0.4, 0.5) is 0 Å². The van der Waals surface area contributed by atoms with Gasteiger partial charge in [0.2, 0.25) is 5.91 Å². The Morgan fingerprint density at radius 2 is 1.96 bits per heavy atom. The lowest BCUT2D eigenvalue weighted by atomic mass is 10.1. The van der Waals surface area contributed by atoms with Gasteiger partial charge >= 0.3 is 0 Å². The highest BCUT2D eigenvalue weighted by Crippen LogP contribution is 2.17. The number of carbonyl (C=O) groups excluding carboxylic acids is 2. The van der Waals surface area contributed by atoms with Gasteiger partial charge in [0.1, 0.15) is 11.8 Å². The summed E-state index contributed by atoms with van der Waals surface area (Å²) >= 11 is 1.61. The summed E-state index contributed by atoms with van der Waals surface area (Å²) in [6.07, 6.45) is 2.95. The topological polar surface area (TPSA) is 87.7 Å². The van der Waals surface area contributed by atoms with E-state index in [1.54, 1.807) is 36.0 Å². The number of nitrogens with one attached hydrogen (secondary N) is 2. The van der Waals surface area contributed by atoms with Crippen molar-refractivity contribution >= 4 is 23.6 Å². The minimum Gasteiger partial charge on any atom is -0.496 e. The number of aliphatic hydroxyl groups excluding tert-OH is 1. The molecule has 1 aromatic carbocycles. The van der Waals surface area contributed by atoms with Crippen molar-refractivity contribution in [2.45, 2.75) is 31.8 Å². The molecule has 0 aliphatic rings. The Bertz CT molecular complexity index is 539. The van der Waals surface area contributed by atoms with Crippen LogP contribution in [-0.2, 0) is 4.79 Å². The van der Waals surface area contributed by atoms with Crippen LogP contribution in [0, 0.1) is 0 Å². The van der Waals surface area contributed by atoms with Gasteiger partial charge in [0.05, 0.1) is 12.7 Å². The number of hydrogen-bond acceptors (Lipinski definition) is 5. The highest BCUT2D eigenvalue weighted by Gasteiger charge is 2.23. The first-order chi connectivity index (χ1) is 11.5. The van der Waals surface area contributed by atoms with Crippen molar-refractivity contribution in [2.24, 2.45) is 0 Å². The van der Waals surface area contributed by atoms with Gasteiger partial charge in [-0.2, -0.15) is 11.8 Å². The molecule has 0 fully saturated rings. The number of methoxy groups -OCH3 is 1. The fourth-order valence-electron chi connectivity index (χ4n) is 2.18. The first kappa shape index (κ1) is 20.3. The summed E-state index contributed by atoms with van der Waals surface area (Å²) < 4.78 is 5.19. The fourth-order valence-corrected chi connectivity index (χ4v) is 2.65. The minimum absolute atomic E-state index is 0.00446. The number of hydrogen-bond donors (Lipinski definition) is 3. The van der Waals surface area contributed by atoms with Crippen LogP contribution in [-0.4, -0.2) is 54.7 Å². The molecule has 0 aliphatic heterocycles. The lowest BCUT2D eigenvalue weighted by Crippen LogP contribution is -2.49. The van der Waals surface area contributed by atoms with Crippen LogP contribution in [0.3, 0.4) is 0 Å². The molecule has 134 valence electrons. The maximum absolute atomic E-state index is 12.5. The van der Waals surface area contributed by atoms with Crippen molar-refractivity contribution in [3.63, 3.8) is 0 Å². The van der Waals surface area contributed by atoms with Crippen molar-refractivity contribution in [3.05, 3.63) is 29.8 Å². The molecule has 1 aromatic rings. The Balaban J connectivity index is 2.80. The van der Waals surface area contributed by atoms with Crippen LogP contribution < -0.4 is 15.4 Å². The third-order valence-corrected chi connectivity index (χ3v) is 4.18. The highest BCUT2D eigenvalue weighted by atomic mass is 32.2. The van der Waals surface area contributed by atoms with E-state index >= 15 is 0 Å². The Morgan fingerprint density at radius 1 is 1.25 bits per heavy atom. The molecular formula is C17H26N2O4S. The quantitative estimate of drug-likeness (QED) is 0.592. The van der Waals surface area contributed by atoms with Crippen LogP contribution in [0.25, 0.3) is 0 Å². The molecule has 1 rings (SSSR count). The zero-order valence-corrected chi connectivity index (χ0v) is 15.2. The molecule has 0 unspecified atom stereocenters. The number of rotatable bonds is 10. The average molecular weight is 354 g/mol. The summed E-state index contributed by atoms with van der Waals surface area (Å²) in [5, 5.41) is 14.5. The maximum Gasteiger partial charge on any atom is 0.255 e. The minimum atomic E-state index is -0.629. The molecule has 0 saturated heterocycles. The Kier molecular flexibility index (Phi) is 9.26. The van der Waals surface area contributed by atoms with E-state index in [1.165, 1.54) is 7.11 Å². The van der Waals surface area contributed by atoms with E-state index in [4.69, 9.17) is 9.84 Å². The predicted octanol–water partition coefficient (Wildman–Crippen LogP) is 1.43. The second kappa shape index (κ2) is 10.9. The van der Waals surface area contributed by atoms with Gasteiger partial charge in [0, 0.05) is 12.6 Å². The van der Waals surface area contributed by atoms with E-state index in [0.717, 1.165) is 5.75 Å². The second-order valence-electron chi connectivity index (χ2n) is 5.43. The second-order valence-corrected chi connectivity index (χ2v) is 6.42. The zero-order chi connectivity index (χ0) is 17.9. The molecule has 2 atom stereocenters. The SMILES string of the molecule is COc1ccccc1C(=O)N[C@H](CCSC)C(=O)N[C@H](C)CCO. The number of benzene rings is 1. The van der Waals surface area contributed by atoms with Crippen LogP contribution >= 0.6 is 11.8 Å². The summed E-state index contributed by atoms with van der Waals surface area (Å²) in [4.78, 5) is 24.9. The smallest absolute Gasteiger partial charge is 0.255 e. The van der Waals surface area contributed by atoms with Crippen molar-refractivity contribution < 1.29 is 19.4 Å². The van der Waals surface area contributed by atoms with E-state index in [1.807, 2.05) is 13.2 Å². The Morgan fingerprint density at radius 3 is 2.58 bits per heavy atom. The Hall–Kier alpha value is -1.73. The molecule has 0 aliphatic carbocycles. The molecule has 6 nitrogen and oxygen atoms in total. The average Bonchev–Trinajstić information content (AvgIpc) is 2.58. The standard InChI is InChI=1S/C17H26N2O4S/c1-12(8-10-20)18-17(22)14(9-11-24-3)19-16(21)13-6-4-5-7-15(13)23-2/h4-7,12,14,20H,8-11H2,1-3H3,(H,18,22)(H,19,21)/t12-,14-/m1/s1. The molecule has 0 heterocycles. The Labute approximate surface area is 147 Å². The number of ether oxygens (including phenoxy) is 1. The molecule has 2 amide bonds. The molecule has 0 aromatic heterocycles. The van der Waals surface area contributed by atoms with E-state index in [9.17, 15) is 9.59 Å². The van der Waals surface area contributed by atoms with Gasteiger partial charge in [-0.1, -0.05) is 12.1 Å². The van der Waals surface area contributed by atoms with Crippen LogP contribution in [0.15, 0.2) is 24.3 Å². The van der Waals surface area contributed by atoms with Gasteiger partial charge in [-0.3, -0.25) is 9.59 Å². The van der Waals surface area contributed by atoms with E-state index < -0.39 is 6.04 Å². The molecule has 0 spiro atoms. The molecule has 24 heavy (non-hydrogen) atoms. The van der Waals surface area contributed by atoms with Gasteiger partial charge < -0.3 is 20.5 Å². The maximum atomic E-state index is 12.5. The number of thioether (sulfide) groups is 1. The van der Waals surface area contributed by atoms with Gasteiger partial charge in [0.15, 0.2) is 0 Å². The number of carbonyl (C=O) groups is 2. The summed E-state index contributed by atoms with van der Waals surface area (Å²) in [6.45, 7) is 1.83. The van der Waals surface area contributed by atoms with Gasteiger partial charge in [0.25, 0.3) is 5.91 Å². The molecule has 0 radical (unpaired) electrons. The van der Waals surface area contributed by atoms with Crippen molar-refractivity contribution in [3.8, 4) is 5.75 Å². The van der Waals surface area contributed by atoms with Crippen LogP contribution in [0.1, 0.15) is 30.1 Å². The summed E-state index contributed by atoms with van der Waals surface area (Å²) in [5.74, 6) is 0.628. The first-order valence-electron chi connectivity index (χ1n) is 7.87. The van der Waals surface area contributed by atoms with Crippen molar-refractivity contribution in [2.75, 3.05) is 25.7 Å². The normalized spacial score (nSPS) is 13.0. The molecule has 7 heteroatoms.